The van der Waals surface area contributed by atoms with E-state index in [9.17, 15) is 68.8 Å². The topological polar surface area (TPSA) is 270 Å². The van der Waals surface area contributed by atoms with Gasteiger partial charge in [0.25, 0.3) is 11.8 Å². The number of amides is 2. The minimum Gasteiger partial charge on any atom is -0.550 e. The van der Waals surface area contributed by atoms with Gasteiger partial charge in [0.1, 0.15) is 23.7 Å². The maximum absolute atomic E-state index is 14.1. The van der Waals surface area contributed by atoms with Crippen molar-refractivity contribution in [2.45, 2.75) is 115 Å². The average Bonchev–Trinajstić information content (AvgIpc) is 1.85. The number of carboxylic acid groups (broad SMARTS) is 2. The fourth-order valence-corrected chi connectivity index (χ4v) is 10.4. The Hall–Kier alpha value is -7.36. The Kier molecular flexibility index (Phi) is 24.1. The Morgan fingerprint density at radius 2 is 0.835 bits per heavy atom. The first-order valence-electron chi connectivity index (χ1n) is 27.5. The fraction of sp³-hybridized carbons (Fsp3) is 0.273. The van der Waals surface area contributed by atoms with Gasteiger partial charge in [-0.15, -0.1) is 0 Å². The minimum atomic E-state index is -3.54. The summed E-state index contributed by atoms with van der Waals surface area (Å²) < 4.78 is 31.9. The van der Waals surface area contributed by atoms with E-state index in [1.807, 2.05) is 122 Å². The summed E-state index contributed by atoms with van der Waals surface area (Å²) in [6.07, 6.45) is -7.08. The molecule has 4 atom stereocenters. The Morgan fingerprint density at radius 3 is 1.16 bits per heavy atom. The number of rotatable bonds is 24. The third-order valence-corrected chi connectivity index (χ3v) is 14.2. The third kappa shape index (κ3) is 17.0. The standard InChI is InChI=1S/C33H35FN2O7.C33H35FN2O5.Ca/c1-20(2)29-28(31(39)35-24-11-7-4-8-12-24)27(21-9-5-3-6-10-21)30(22-13-15-23(34)16-14-22)36(29)18-17-25(37)19-26(38)33(42,43)32(40)41;1-21(2)31-30(33(41)35-25-11-7-4-8-12-25)29(22-9-5-3-6-10-22)32(23-13-15-24(34)16-14-23)36(31)18-17-26(37)19-27(38)20-28(39)40;/h3-16,20,25-26,37-38,42-43H,17-19H2,1-2H3,(H,35,39)(H,40,41);3-16,21,26-27,37-38H,17-20H2,1-2H3,(H,35,41)(H,39,40);/q;;+2/p-2/t25-,26-;26-,27-;/m11./s1. The molecule has 19 heteroatoms. The number of anilines is 2. The molecule has 0 saturated heterocycles. The predicted octanol–water partition coefficient (Wildman–Crippen LogP) is 7.87. The molecular formula is C66H68CaF2N4O12. The van der Waals surface area contributed by atoms with Gasteiger partial charge in [0, 0.05) is 65.8 Å². The number of hydrogen-bond donors (Lipinski definition) is 8. The summed E-state index contributed by atoms with van der Waals surface area (Å²) in [6.45, 7) is 8.14. The van der Waals surface area contributed by atoms with E-state index in [0.717, 1.165) is 16.8 Å². The van der Waals surface area contributed by atoms with Crippen LogP contribution < -0.4 is 20.8 Å². The van der Waals surface area contributed by atoms with Crippen LogP contribution in [0.4, 0.5) is 20.2 Å². The maximum Gasteiger partial charge on any atom is 2.00 e. The Balaban J connectivity index is 0.000000269. The molecule has 8 N–H and O–H groups in total. The van der Waals surface area contributed by atoms with Crippen LogP contribution in [-0.4, -0.2) is 131 Å². The van der Waals surface area contributed by atoms with E-state index < -0.39 is 66.6 Å². The van der Waals surface area contributed by atoms with Crippen LogP contribution >= 0.6 is 0 Å². The molecule has 0 bridgehead atoms. The molecule has 0 fully saturated rings. The molecule has 16 nitrogen and oxygen atoms in total. The van der Waals surface area contributed by atoms with Gasteiger partial charge in [0.05, 0.1) is 40.8 Å². The van der Waals surface area contributed by atoms with Crippen LogP contribution in [0.3, 0.4) is 0 Å². The van der Waals surface area contributed by atoms with Gasteiger partial charge in [-0.1, -0.05) is 125 Å². The van der Waals surface area contributed by atoms with Gasteiger partial charge in [-0.05, 0) is 126 Å². The van der Waals surface area contributed by atoms with E-state index in [4.69, 9.17) is 0 Å². The van der Waals surface area contributed by atoms with Gasteiger partial charge < -0.3 is 70.2 Å². The number of para-hydroxylation sites is 2. The fourth-order valence-electron chi connectivity index (χ4n) is 10.4. The van der Waals surface area contributed by atoms with E-state index >= 15 is 0 Å². The van der Waals surface area contributed by atoms with Crippen molar-refractivity contribution in [3.05, 3.63) is 204 Å². The van der Waals surface area contributed by atoms with Gasteiger partial charge in [-0.2, -0.15) is 0 Å². The summed E-state index contributed by atoms with van der Waals surface area (Å²) in [4.78, 5) is 50.0. The van der Waals surface area contributed by atoms with E-state index in [1.54, 1.807) is 60.7 Å². The minimum absolute atomic E-state index is 0. The molecule has 0 unspecified atom stereocenters. The van der Waals surface area contributed by atoms with Crippen molar-refractivity contribution >= 4 is 72.9 Å². The number of carboxylic acids is 2. The van der Waals surface area contributed by atoms with Crippen molar-refractivity contribution in [1.82, 2.24) is 9.13 Å². The van der Waals surface area contributed by atoms with Crippen LogP contribution in [0, 0.1) is 11.6 Å². The summed E-state index contributed by atoms with van der Waals surface area (Å²) in [7, 11) is 0. The molecule has 8 aromatic rings. The van der Waals surface area contributed by atoms with Crippen molar-refractivity contribution in [2.24, 2.45) is 0 Å². The quantitative estimate of drug-likeness (QED) is 0.0212. The Morgan fingerprint density at radius 1 is 0.494 bits per heavy atom. The number of aliphatic hydroxyl groups is 6. The first-order chi connectivity index (χ1) is 40.1. The number of carbonyl (C=O) groups excluding carboxylic acids is 4. The average molecular weight is 1190 g/mol. The zero-order valence-corrected chi connectivity index (χ0v) is 49.8. The third-order valence-electron chi connectivity index (χ3n) is 14.2. The van der Waals surface area contributed by atoms with Gasteiger partial charge >= 0.3 is 37.7 Å². The number of nitrogens with zero attached hydrogens (tertiary/aromatic N) is 2. The molecule has 0 aliphatic heterocycles. The number of halogens is 2. The van der Waals surface area contributed by atoms with Crippen LogP contribution in [0.1, 0.15) is 104 Å². The molecule has 0 spiro atoms. The predicted molar refractivity (Wildman–Crippen MR) is 318 cm³/mol. The molecule has 440 valence electrons. The molecule has 0 aliphatic rings. The molecule has 0 radical (unpaired) electrons. The maximum atomic E-state index is 14.1. The molecule has 8 rings (SSSR count). The summed E-state index contributed by atoms with van der Waals surface area (Å²) in [5, 5.41) is 88.6. The number of aliphatic carboxylic acids is 2. The normalized spacial score (nSPS) is 12.8. The first-order valence-corrected chi connectivity index (χ1v) is 27.5. The van der Waals surface area contributed by atoms with Gasteiger partial charge in [0.2, 0.25) is 5.79 Å². The zero-order chi connectivity index (χ0) is 60.8. The molecule has 2 amide bonds. The summed E-state index contributed by atoms with van der Waals surface area (Å²) >= 11 is 0. The van der Waals surface area contributed by atoms with Gasteiger partial charge in [-0.25, -0.2) is 8.78 Å². The van der Waals surface area contributed by atoms with Crippen LogP contribution in [0.5, 0.6) is 0 Å². The number of benzene rings is 6. The second-order valence-corrected chi connectivity index (χ2v) is 21.1. The molecule has 0 saturated carbocycles. The van der Waals surface area contributed by atoms with Gasteiger partial charge in [0.15, 0.2) is 0 Å². The molecular weight excluding hydrogens is 1120 g/mol. The van der Waals surface area contributed by atoms with Crippen LogP contribution in [0.2, 0.25) is 0 Å². The number of aromatic nitrogens is 2. The molecule has 6 aromatic carbocycles. The number of aliphatic hydroxyl groups excluding tert-OH is 4. The molecule has 2 aromatic heterocycles. The zero-order valence-electron chi connectivity index (χ0n) is 47.6. The molecule has 2 heterocycles. The smallest absolute Gasteiger partial charge is 0.550 e. The van der Waals surface area contributed by atoms with E-state index in [-0.39, 0.29) is 93.7 Å². The molecule has 85 heavy (non-hydrogen) atoms. The summed E-state index contributed by atoms with van der Waals surface area (Å²) in [5.41, 5.74) is 8.86. The number of hydrogen-bond acceptors (Lipinski definition) is 12. The Bertz CT molecular complexity index is 3490. The van der Waals surface area contributed by atoms with E-state index in [2.05, 4.69) is 10.6 Å². The SMILES string of the molecule is CC(C)c1c(C(=O)Nc2ccccc2)c(-c2ccccc2)c(-c2ccc(F)cc2)n1CC[C@@H](O)C[C@@H](O)C(O)(O)C(=O)[O-].CC(C)c1c(C(=O)Nc2ccccc2)c(-c2ccccc2)c(-c2ccc(F)cc2)n1CC[C@@H](O)C[C@@H](O)CC(=O)[O-].[Ca+2]. The van der Waals surface area contributed by atoms with Crippen LogP contribution in [-0.2, 0) is 22.7 Å². The Labute approximate surface area is 521 Å². The second kappa shape index (κ2) is 30.6. The van der Waals surface area contributed by atoms with E-state index in [0.29, 0.717) is 61.8 Å². The van der Waals surface area contributed by atoms with Crippen molar-refractivity contribution in [1.29, 1.82) is 0 Å². The second-order valence-electron chi connectivity index (χ2n) is 21.1. The molecule has 0 aliphatic carbocycles. The van der Waals surface area contributed by atoms with Crippen molar-refractivity contribution < 1.29 is 68.8 Å². The van der Waals surface area contributed by atoms with E-state index in [1.165, 1.54) is 24.3 Å². The summed E-state index contributed by atoms with van der Waals surface area (Å²) in [6, 6.07) is 48.8. The van der Waals surface area contributed by atoms with Crippen LogP contribution in [0.15, 0.2) is 170 Å². The van der Waals surface area contributed by atoms with Crippen LogP contribution in [0.25, 0.3) is 44.8 Å². The van der Waals surface area contributed by atoms with Crippen molar-refractivity contribution in [2.75, 3.05) is 10.6 Å². The van der Waals surface area contributed by atoms with Crippen molar-refractivity contribution in [3.63, 3.8) is 0 Å². The monoisotopic (exact) mass is 1190 g/mol. The largest absolute Gasteiger partial charge is 2.00 e. The van der Waals surface area contributed by atoms with Crippen molar-refractivity contribution in [3.8, 4) is 44.8 Å². The number of carbonyl (C=O) groups is 4. The first kappa shape index (κ1) is 66.8. The van der Waals surface area contributed by atoms with Gasteiger partial charge in [-0.3, -0.25) is 9.59 Å². The summed E-state index contributed by atoms with van der Waals surface area (Å²) in [5.74, 6) is -9.06. The number of nitrogens with one attached hydrogen (secondary N) is 2.